The second-order valence-corrected chi connectivity index (χ2v) is 4.82. The molecule has 5 heteroatoms. The standard InChI is InChI=1S/C17H13N3O2/c1-11(21)12-4-2-5-13(10-12)20-17(22)14-6-3-7-15-16(14)19-9-8-18-15/h2-10H,1H3,(H,20,22). The highest BCUT2D eigenvalue weighted by molar-refractivity contribution is 6.11. The second kappa shape index (κ2) is 5.73. The summed E-state index contributed by atoms with van der Waals surface area (Å²) in [6.45, 7) is 1.49. The summed E-state index contributed by atoms with van der Waals surface area (Å²) in [6.07, 6.45) is 3.13. The van der Waals surface area contributed by atoms with Crippen LogP contribution in [0.3, 0.4) is 0 Å². The number of hydrogen-bond acceptors (Lipinski definition) is 4. The lowest BCUT2D eigenvalue weighted by Crippen LogP contribution is -2.13. The third kappa shape index (κ3) is 2.69. The Morgan fingerprint density at radius 1 is 1.00 bits per heavy atom. The number of Topliss-reactive ketones (excluding diaryl/α,β-unsaturated/α-hetero) is 1. The molecule has 3 aromatic rings. The van der Waals surface area contributed by atoms with E-state index in [9.17, 15) is 9.59 Å². The van der Waals surface area contributed by atoms with E-state index in [1.807, 2.05) is 0 Å². The number of fused-ring (bicyclic) bond motifs is 1. The molecule has 0 bridgehead atoms. The molecule has 0 unspecified atom stereocenters. The first-order valence-corrected chi connectivity index (χ1v) is 6.77. The molecule has 0 aliphatic rings. The van der Waals surface area contributed by atoms with Gasteiger partial charge in [-0.2, -0.15) is 0 Å². The van der Waals surface area contributed by atoms with Gasteiger partial charge in [0.05, 0.1) is 11.1 Å². The van der Waals surface area contributed by atoms with Gasteiger partial charge in [0.15, 0.2) is 5.78 Å². The third-order valence-electron chi connectivity index (χ3n) is 3.27. The van der Waals surface area contributed by atoms with E-state index in [0.29, 0.717) is 27.8 Å². The predicted molar refractivity (Wildman–Crippen MR) is 83.9 cm³/mol. The maximum atomic E-state index is 12.4. The largest absolute Gasteiger partial charge is 0.322 e. The Balaban J connectivity index is 1.94. The Bertz CT molecular complexity index is 869. The van der Waals surface area contributed by atoms with Crippen molar-refractivity contribution in [2.75, 3.05) is 5.32 Å². The summed E-state index contributed by atoms with van der Waals surface area (Å²) in [6, 6.07) is 12.1. The summed E-state index contributed by atoms with van der Waals surface area (Å²) < 4.78 is 0. The van der Waals surface area contributed by atoms with Gasteiger partial charge in [0.2, 0.25) is 0 Å². The molecule has 0 saturated carbocycles. The summed E-state index contributed by atoms with van der Waals surface area (Å²) in [5.41, 5.74) is 2.77. The number of benzene rings is 2. The van der Waals surface area contributed by atoms with Crippen molar-refractivity contribution in [2.45, 2.75) is 6.92 Å². The van der Waals surface area contributed by atoms with Crippen LogP contribution < -0.4 is 5.32 Å². The fourth-order valence-corrected chi connectivity index (χ4v) is 2.19. The zero-order valence-electron chi connectivity index (χ0n) is 11.9. The first kappa shape index (κ1) is 13.9. The Morgan fingerprint density at radius 2 is 1.77 bits per heavy atom. The van der Waals surface area contributed by atoms with Crippen LogP contribution in [0, 0.1) is 0 Å². The topological polar surface area (TPSA) is 72.0 Å². The van der Waals surface area contributed by atoms with Crippen LogP contribution in [0.4, 0.5) is 5.69 Å². The highest BCUT2D eigenvalue weighted by Gasteiger charge is 2.12. The van der Waals surface area contributed by atoms with Gasteiger partial charge < -0.3 is 5.32 Å². The van der Waals surface area contributed by atoms with Crippen LogP contribution in [0.25, 0.3) is 11.0 Å². The minimum atomic E-state index is -0.285. The highest BCUT2D eigenvalue weighted by Crippen LogP contribution is 2.17. The number of anilines is 1. The number of carbonyl (C=O) groups is 2. The molecule has 0 fully saturated rings. The van der Waals surface area contributed by atoms with Crippen LogP contribution in [0.1, 0.15) is 27.6 Å². The normalized spacial score (nSPS) is 10.4. The molecule has 5 nitrogen and oxygen atoms in total. The number of rotatable bonds is 3. The van der Waals surface area contributed by atoms with Crippen LogP contribution >= 0.6 is 0 Å². The van der Waals surface area contributed by atoms with Gasteiger partial charge in [-0.3, -0.25) is 19.6 Å². The number of amides is 1. The average molecular weight is 291 g/mol. The van der Waals surface area contributed by atoms with E-state index >= 15 is 0 Å². The molecular formula is C17H13N3O2. The lowest BCUT2D eigenvalue weighted by Gasteiger charge is -2.08. The lowest BCUT2D eigenvalue weighted by molar-refractivity contribution is 0.101. The molecule has 0 radical (unpaired) electrons. The van der Waals surface area contributed by atoms with Gasteiger partial charge in [-0.15, -0.1) is 0 Å². The van der Waals surface area contributed by atoms with Crippen LogP contribution in [0.5, 0.6) is 0 Å². The van der Waals surface area contributed by atoms with E-state index < -0.39 is 0 Å². The van der Waals surface area contributed by atoms with Crippen LogP contribution in [0.15, 0.2) is 54.9 Å². The number of hydrogen-bond donors (Lipinski definition) is 1. The highest BCUT2D eigenvalue weighted by atomic mass is 16.1. The molecule has 1 aromatic heterocycles. The van der Waals surface area contributed by atoms with Crippen molar-refractivity contribution in [2.24, 2.45) is 0 Å². The van der Waals surface area contributed by atoms with Crippen LogP contribution in [-0.2, 0) is 0 Å². The molecule has 1 amide bonds. The zero-order valence-corrected chi connectivity index (χ0v) is 11.9. The minimum Gasteiger partial charge on any atom is -0.322 e. The Labute approximate surface area is 127 Å². The van der Waals surface area contributed by atoms with E-state index in [4.69, 9.17) is 0 Å². The molecule has 0 spiro atoms. The minimum absolute atomic E-state index is 0.0490. The smallest absolute Gasteiger partial charge is 0.257 e. The maximum absolute atomic E-state index is 12.4. The molecule has 108 valence electrons. The van der Waals surface area contributed by atoms with Gasteiger partial charge in [-0.1, -0.05) is 18.2 Å². The molecule has 0 saturated heterocycles. The summed E-state index contributed by atoms with van der Waals surface area (Å²) in [4.78, 5) is 32.2. The fourth-order valence-electron chi connectivity index (χ4n) is 2.19. The zero-order chi connectivity index (χ0) is 15.5. The van der Waals surface area contributed by atoms with Crippen LogP contribution in [0.2, 0.25) is 0 Å². The molecule has 0 aliphatic heterocycles. The third-order valence-corrected chi connectivity index (χ3v) is 3.27. The first-order valence-electron chi connectivity index (χ1n) is 6.77. The molecule has 0 atom stereocenters. The Hall–Kier alpha value is -3.08. The Morgan fingerprint density at radius 3 is 2.59 bits per heavy atom. The number of para-hydroxylation sites is 1. The van der Waals surface area contributed by atoms with Gasteiger partial charge in [0, 0.05) is 23.6 Å². The summed E-state index contributed by atoms with van der Waals surface area (Å²) in [5, 5.41) is 2.79. The molecule has 3 rings (SSSR count). The van der Waals surface area contributed by atoms with Crippen molar-refractivity contribution >= 4 is 28.4 Å². The molecule has 0 aliphatic carbocycles. The van der Waals surface area contributed by atoms with E-state index in [0.717, 1.165) is 0 Å². The summed E-state index contributed by atoms with van der Waals surface area (Å²) in [5.74, 6) is -0.334. The van der Waals surface area contributed by atoms with Crippen molar-refractivity contribution < 1.29 is 9.59 Å². The number of nitrogens with one attached hydrogen (secondary N) is 1. The fraction of sp³-hybridized carbons (Fsp3) is 0.0588. The molecule has 1 N–H and O–H groups in total. The van der Waals surface area contributed by atoms with Gasteiger partial charge in [0.1, 0.15) is 5.52 Å². The number of aromatic nitrogens is 2. The van der Waals surface area contributed by atoms with Gasteiger partial charge in [0.25, 0.3) is 5.91 Å². The second-order valence-electron chi connectivity index (χ2n) is 4.82. The van der Waals surface area contributed by atoms with Gasteiger partial charge in [-0.25, -0.2) is 0 Å². The SMILES string of the molecule is CC(=O)c1cccc(NC(=O)c2cccc3nccnc23)c1. The molecule has 22 heavy (non-hydrogen) atoms. The molecule has 1 heterocycles. The first-order chi connectivity index (χ1) is 10.6. The van der Waals surface area contributed by atoms with Crippen molar-refractivity contribution in [1.82, 2.24) is 9.97 Å². The molecule has 2 aromatic carbocycles. The van der Waals surface area contributed by atoms with E-state index in [1.54, 1.807) is 54.9 Å². The molecular weight excluding hydrogens is 278 g/mol. The summed E-state index contributed by atoms with van der Waals surface area (Å²) in [7, 11) is 0. The lowest BCUT2D eigenvalue weighted by atomic mass is 10.1. The van der Waals surface area contributed by atoms with E-state index in [-0.39, 0.29) is 11.7 Å². The quantitative estimate of drug-likeness (QED) is 0.753. The van der Waals surface area contributed by atoms with Crippen molar-refractivity contribution in [3.63, 3.8) is 0 Å². The van der Waals surface area contributed by atoms with Gasteiger partial charge >= 0.3 is 0 Å². The van der Waals surface area contributed by atoms with Gasteiger partial charge in [-0.05, 0) is 31.2 Å². The summed E-state index contributed by atoms with van der Waals surface area (Å²) >= 11 is 0. The number of nitrogens with zero attached hydrogens (tertiary/aromatic N) is 2. The monoisotopic (exact) mass is 291 g/mol. The number of carbonyl (C=O) groups excluding carboxylic acids is 2. The number of ketones is 1. The Kier molecular flexibility index (Phi) is 3.62. The predicted octanol–water partition coefficient (Wildman–Crippen LogP) is 3.08. The van der Waals surface area contributed by atoms with Crippen molar-refractivity contribution in [3.05, 3.63) is 66.0 Å². The average Bonchev–Trinajstić information content (AvgIpc) is 2.54. The van der Waals surface area contributed by atoms with Crippen molar-refractivity contribution in [3.8, 4) is 0 Å². The van der Waals surface area contributed by atoms with Crippen LogP contribution in [-0.4, -0.2) is 21.7 Å². The van der Waals surface area contributed by atoms with Crippen molar-refractivity contribution in [1.29, 1.82) is 0 Å². The maximum Gasteiger partial charge on any atom is 0.257 e. The van der Waals surface area contributed by atoms with E-state index in [1.165, 1.54) is 6.92 Å². The van der Waals surface area contributed by atoms with E-state index in [2.05, 4.69) is 15.3 Å².